The van der Waals surface area contributed by atoms with Gasteiger partial charge in [-0.3, -0.25) is 10.1 Å². The summed E-state index contributed by atoms with van der Waals surface area (Å²) in [5.41, 5.74) is 0.296. The number of fused-ring (bicyclic) bond motifs is 2. The molecule has 0 spiro atoms. The molecule has 0 amide bonds. The quantitative estimate of drug-likeness (QED) is 0.683. The predicted molar refractivity (Wildman–Crippen MR) is 77.4 cm³/mol. The zero-order valence-electron chi connectivity index (χ0n) is 11.8. The molecule has 3 rings (SSSR count). The number of benzene rings is 1. The maximum atomic E-state index is 12.4. The van der Waals surface area contributed by atoms with Crippen molar-refractivity contribution < 1.29 is 13.3 Å². The van der Waals surface area contributed by atoms with Gasteiger partial charge in [0.05, 0.1) is 9.82 Å². The third-order valence-electron chi connectivity index (χ3n) is 4.73. The van der Waals surface area contributed by atoms with Gasteiger partial charge in [-0.25, -0.2) is 13.1 Å². The molecule has 0 aromatic heterocycles. The van der Waals surface area contributed by atoms with Crippen LogP contribution in [0.25, 0.3) is 0 Å². The molecular formula is C14H18N2O4S. The lowest BCUT2D eigenvalue weighted by molar-refractivity contribution is -0.385. The second-order valence-electron chi connectivity index (χ2n) is 6.11. The standard InChI is InChI=1S/C14H18N2O4S/c1-9-2-5-12(8-14(9)16(17)18)21(19,20)15-13-7-10-3-4-11(13)6-10/h2,5,8,10-11,13,15H,3-4,6-7H2,1H3/t10-,11+,13+/m0/s1. The first-order valence-corrected chi connectivity index (χ1v) is 8.62. The summed E-state index contributed by atoms with van der Waals surface area (Å²) in [6, 6.07) is 4.03. The molecule has 3 atom stereocenters. The Morgan fingerprint density at radius 1 is 1.29 bits per heavy atom. The lowest BCUT2D eigenvalue weighted by atomic mass is 9.96. The maximum Gasteiger partial charge on any atom is 0.273 e. The van der Waals surface area contributed by atoms with E-state index < -0.39 is 14.9 Å². The molecule has 0 aliphatic heterocycles. The minimum atomic E-state index is -3.69. The van der Waals surface area contributed by atoms with E-state index in [1.807, 2.05) is 0 Å². The first-order chi connectivity index (χ1) is 9.87. The Balaban J connectivity index is 1.85. The van der Waals surface area contributed by atoms with E-state index in [9.17, 15) is 18.5 Å². The molecule has 0 saturated heterocycles. The van der Waals surface area contributed by atoms with E-state index in [1.54, 1.807) is 6.92 Å². The normalized spacial score (nSPS) is 28.0. The van der Waals surface area contributed by atoms with Crippen molar-refractivity contribution in [2.45, 2.75) is 43.5 Å². The zero-order chi connectivity index (χ0) is 15.2. The Labute approximate surface area is 123 Å². The van der Waals surface area contributed by atoms with Crippen LogP contribution in [-0.4, -0.2) is 19.4 Å². The van der Waals surface area contributed by atoms with E-state index in [0.29, 0.717) is 17.4 Å². The Morgan fingerprint density at radius 2 is 2.05 bits per heavy atom. The summed E-state index contributed by atoms with van der Waals surface area (Å²) in [5.74, 6) is 1.06. The first-order valence-electron chi connectivity index (χ1n) is 7.14. The predicted octanol–water partition coefficient (Wildman–Crippen LogP) is 2.37. The van der Waals surface area contributed by atoms with Crippen LogP contribution in [0.2, 0.25) is 0 Å². The summed E-state index contributed by atoms with van der Waals surface area (Å²) >= 11 is 0. The van der Waals surface area contributed by atoms with E-state index in [-0.39, 0.29) is 16.6 Å². The van der Waals surface area contributed by atoms with Crippen LogP contribution in [0.3, 0.4) is 0 Å². The van der Waals surface area contributed by atoms with Crippen LogP contribution >= 0.6 is 0 Å². The fraction of sp³-hybridized carbons (Fsp3) is 0.571. The number of nitrogens with zero attached hydrogens (tertiary/aromatic N) is 1. The third kappa shape index (κ3) is 2.67. The van der Waals surface area contributed by atoms with Gasteiger partial charge in [-0.2, -0.15) is 0 Å². The van der Waals surface area contributed by atoms with Crippen LogP contribution in [0.5, 0.6) is 0 Å². The number of nitrogens with one attached hydrogen (secondary N) is 1. The number of nitro benzene ring substituents is 1. The Kier molecular flexibility index (Phi) is 3.49. The summed E-state index contributed by atoms with van der Waals surface area (Å²) in [4.78, 5) is 10.4. The number of sulfonamides is 1. The van der Waals surface area contributed by atoms with Crippen molar-refractivity contribution in [1.29, 1.82) is 0 Å². The third-order valence-corrected chi connectivity index (χ3v) is 6.22. The smallest absolute Gasteiger partial charge is 0.258 e. The van der Waals surface area contributed by atoms with Crippen LogP contribution in [0.4, 0.5) is 5.69 Å². The minimum absolute atomic E-state index is 0.0193. The average molecular weight is 310 g/mol. The molecule has 2 bridgehead atoms. The van der Waals surface area contributed by atoms with Crippen molar-refractivity contribution in [3.8, 4) is 0 Å². The number of hydrogen-bond donors (Lipinski definition) is 1. The van der Waals surface area contributed by atoms with Crippen LogP contribution < -0.4 is 4.72 Å². The molecule has 2 aliphatic rings. The van der Waals surface area contributed by atoms with Gasteiger partial charge >= 0.3 is 0 Å². The van der Waals surface area contributed by atoms with Crippen molar-refractivity contribution in [3.05, 3.63) is 33.9 Å². The highest BCUT2D eigenvalue weighted by Gasteiger charge is 2.41. The van der Waals surface area contributed by atoms with Gasteiger partial charge in [0.15, 0.2) is 0 Å². The monoisotopic (exact) mass is 310 g/mol. The zero-order valence-corrected chi connectivity index (χ0v) is 12.6. The van der Waals surface area contributed by atoms with Crippen LogP contribution in [0.1, 0.15) is 31.2 Å². The molecule has 2 fully saturated rings. The van der Waals surface area contributed by atoms with Crippen LogP contribution in [-0.2, 0) is 10.0 Å². The van der Waals surface area contributed by atoms with E-state index >= 15 is 0 Å². The van der Waals surface area contributed by atoms with Crippen molar-refractivity contribution >= 4 is 15.7 Å². The highest BCUT2D eigenvalue weighted by Crippen LogP contribution is 2.44. The molecule has 0 unspecified atom stereocenters. The molecule has 1 aromatic carbocycles. The van der Waals surface area contributed by atoms with Gasteiger partial charge in [0.25, 0.3) is 5.69 Å². The largest absolute Gasteiger partial charge is 0.273 e. The summed E-state index contributed by atoms with van der Waals surface area (Å²) in [7, 11) is -3.69. The second kappa shape index (κ2) is 5.06. The number of nitro groups is 1. The van der Waals surface area contributed by atoms with Gasteiger partial charge in [-0.15, -0.1) is 0 Å². The van der Waals surface area contributed by atoms with E-state index in [0.717, 1.165) is 25.3 Å². The highest BCUT2D eigenvalue weighted by molar-refractivity contribution is 7.89. The lowest BCUT2D eigenvalue weighted by Gasteiger charge is -2.22. The number of hydrogen-bond acceptors (Lipinski definition) is 4. The molecule has 7 heteroatoms. The number of rotatable bonds is 4. The molecule has 2 aliphatic carbocycles. The molecule has 114 valence electrons. The topological polar surface area (TPSA) is 89.3 Å². The summed E-state index contributed by atoms with van der Waals surface area (Å²) in [5, 5.41) is 10.9. The molecule has 0 radical (unpaired) electrons. The minimum Gasteiger partial charge on any atom is -0.258 e. The van der Waals surface area contributed by atoms with Crippen molar-refractivity contribution in [2.75, 3.05) is 0 Å². The van der Waals surface area contributed by atoms with Gasteiger partial charge < -0.3 is 0 Å². The lowest BCUT2D eigenvalue weighted by Crippen LogP contribution is -2.38. The molecule has 1 aromatic rings. The molecule has 6 nitrogen and oxygen atoms in total. The number of aryl methyl sites for hydroxylation is 1. The van der Waals surface area contributed by atoms with E-state index in [2.05, 4.69) is 4.72 Å². The fourth-order valence-corrected chi connectivity index (χ4v) is 4.95. The fourth-order valence-electron chi connectivity index (χ4n) is 3.61. The Bertz CT molecular complexity index is 686. The van der Waals surface area contributed by atoms with Crippen molar-refractivity contribution in [2.24, 2.45) is 11.8 Å². The average Bonchev–Trinajstić information content (AvgIpc) is 3.00. The molecule has 1 N–H and O–H groups in total. The second-order valence-corrected chi connectivity index (χ2v) is 7.82. The van der Waals surface area contributed by atoms with Gasteiger partial charge in [0, 0.05) is 17.7 Å². The molecule has 21 heavy (non-hydrogen) atoms. The van der Waals surface area contributed by atoms with Crippen LogP contribution in [0, 0.1) is 28.9 Å². The highest BCUT2D eigenvalue weighted by atomic mass is 32.2. The van der Waals surface area contributed by atoms with E-state index in [1.165, 1.54) is 18.6 Å². The Morgan fingerprint density at radius 3 is 2.62 bits per heavy atom. The van der Waals surface area contributed by atoms with Crippen LogP contribution in [0.15, 0.2) is 23.1 Å². The van der Waals surface area contributed by atoms with Gasteiger partial charge in [-0.1, -0.05) is 12.5 Å². The van der Waals surface area contributed by atoms with Gasteiger partial charge in [0.1, 0.15) is 0 Å². The molecule has 2 saturated carbocycles. The van der Waals surface area contributed by atoms with Crippen molar-refractivity contribution in [1.82, 2.24) is 4.72 Å². The first kappa shape index (κ1) is 14.5. The van der Waals surface area contributed by atoms with E-state index in [4.69, 9.17) is 0 Å². The van der Waals surface area contributed by atoms with Gasteiger partial charge in [-0.05, 0) is 44.1 Å². The van der Waals surface area contributed by atoms with Crippen molar-refractivity contribution in [3.63, 3.8) is 0 Å². The summed E-state index contributed by atoms with van der Waals surface area (Å²) < 4.78 is 27.6. The molecule has 0 heterocycles. The Hall–Kier alpha value is -1.47. The maximum absolute atomic E-state index is 12.4. The molecular weight excluding hydrogens is 292 g/mol. The summed E-state index contributed by atoms with van der Waals surface area (Å²) in [6.07, 6.45) is 4.25. The SMILES string of the molecule is Cc1ccc(S(=O)(=O)N[C@@H]2C[C@H]3CC[C@@H]2C3)cc1[N+](=O)[O-]. The van der Waals surface area contributed by atoms with Gasteiger partial charge in [0.2, 0.25) is 10.0 Å². The summed E-state index contributed by atoms with van der Waals surface area (Å²) in [6.45, 7) is 1.60.